The van der Waals surface area contributed by atoms with Gasteiger partial charge in [0.2, 0.25) is 0 Å². The summed E-state index contributed by atoms with van der Waals surface area (Å²) in [5.74, 6) is 0. The van der Waals surface area contributed by atoms with Gasteiger partial charge in [-0.2, -0.15) is 0 Å². The smallest absolute Gasteiger partial charge is 0.130 e. The minimum atomic E-state index is -0.923. The number of hydrogen-bond acceptors (Lipinski definition) is 2. The van der Waals surface area contributed by atoms with Crippen molar-refractivity contribution >= 4 is 22.5 Å². The molecule has 0 amide bonds. The van der Waals surface area contributed by atoms with E-state index < -0.39 is 5.60 Å². The fraction of sp³-hybridized carbons (Fsp3) is 0.167. The van der Waals surface area contributed by atoms with Crippen LogP contribution in [0.1, 0.15) is 19.4 Å². The summed E-state index contributed by atoms with van der Waals surface area (Å²) in [6, 6.07) is 17.6. The van der Waals surface area contributed by atoms with Crippen LogP contribution in [0.2, 0.25) is 5.15 Å². The molecule has 2 nitrogen and oxygen atoms in total. The number of rotatable bonds is 2. The number of para-hydroxylation sites is 1. The second kappa shape index (κ2) is 5.14. The van der Waals surface area contributed by atoms with E-state index in [1.807, 2.05) is 54.6 Å². The molecule has 3 aromatic rings. The van der Waals surface area contributed by atoms with Crippen molar-refractivity contribution in [2.75, 3.05) is 0 Å². The topological polar surface area (TPSA) is 33.1 Å². The van der Waals surface area contributed by atoms with Crippen molar-refractivity contribution in [3.05, 3.63) is 65.3 Å². The lowest BCUT2D eigenvalue weighted by molar-refractivity contribution is 0.0792. The van der Waals surface area contributed by atoms with Gasteiger partial charge in [-0.05, 0) is 42.7 Å². The molecule has 0 saturated carbocycles. The molecule has 1 aromatic heterocycles. The Morgan fingerprint density at radius 1 is 0.952 bits per heavy atom. The van der Waals surface area contributed by atoms with E-state index in [4.69, 9.17) is 11.6 Å². The Kier molecular flexibility index (Phi) is 3.44. The first kappa shape index (κ1) is 14.1. The molecule has 0 atom stereocenters. The number of aromatic nitrogens is 1. The number of hydrogen-bond donors (Lipinski definition) is 1. The van der Waals surface area contributed by atoms with E-state index in [1.54, 1.807) is 13.8 Å². The van der Waals surface area contributed by atoms with Crippen LogP contribution in [0.25, 0.3) is 22.0 Å². The maximum absolute atomic E-state index is 10.4. The predicted molar refractivity (Wildman–Crippen MR) is 87.4 cm³/mol. The van der Waals surface area contributed by atoms with Gasteiger partial charge in [-0.1, -0.05) is 54.1 Å². The van der Waals surface area contributed by atoms with Crippen LogP contribution in [-0.4, -0.2) is 10.1 Å². The average Bonchev–Trinajstić information content (AvgIpc) is 2.45. The second-order valence-electron chi connectivity index (χ2n) is 5.61. The molecule has 0 bridgehead atoms. The third kappa shape index (κ3) is 2.65. The summed E-state index contributed by atoms with van der Waals surface area (Å²) in [5.41, 5.74) is 2.77. The van der Waals surface area contributed by atoms with Gasteiger partial charge in [0.1, 0.15) is 5.15 Å². The van der Waals surface area contributed by atoms with Gasteiger partial charge in [0, 0.05) is 5.39 Å². The lowest BCUT2D eigenvalue weighted by atomic mass is 9.88. The van der Waals surface area contributed by atoms with Crippen LogP contribution in [0.3, 0.4) is 0 Å². The Labute approximate surface area is 129 Å². The van der Waals surface area contributed by atoms with Crippen molar-refractivity contribution in [2.24, 2.45) is 0 Å². The Balaban J connectivity index is 2.36. The zero-order valence-electron chi connectivity index (χ0n) is 12.0. The van der Waals surface area contributed by atoms with Crippen molar-refractivity contribution in [1.82, 2.24) is 4.98 Å². The molecule has 1 N–H and O–H groups in total. The summed E-state index contributed by atoms with van der Waals surface area (Å²) in [7, 11) is 0. The lowest BCUT2D eigenvalue weighted by Gasteiger charge is -2.22. The number of nitrogens with zero attached hydrogens (tertiary/aromatic N) is 1. The van der Waals surface area contributed by atoms with E-state index in [9.17, 15) is 5.11 Å². The number of aliphatic hydroxyl groups is 1. The lowest BCUT2D eigenvalue weighted by Crippen LogP contribution is -2.16. The molecule has 0 aliphatic rings. The number of benzene rings is 2. The van der Waals surface area contributed by atoms with Gasteiger partial charge in [0.15, 0.2) is 0 Å². The van der Waals surface area contributed by atoms with Crippen LogP contribution in [-0.2, 0) is 5.60 Å². The quantitative estimate of drug-likeness (QED) is 0.690. The number of pyridine rings is 1. The number of halogens is 1. The Bertz CT molecular complexity index is 806. The van der Waals surface area contributed by atoms with Crippen molar-refractivity contribution in [1.29, 1.82) is 0 Å². The molecule has 1 heterocycles. The average molecular weight is 298 g/mol. The van der Waals surface area contributed by atoms with Gasteiger partial charge in [-0.25, -0.2) is 4.98 Å². The highest BCUT2D eigenvalue weighted by Crippen LogP contribution is 2.36. The molecule has 21 heavy (non-hydrogen) atoms. The fourth-order valence-corrected chi connectivity index (χ4v) is 2.82. The van der Waals surface area contributed by atoms with Crippen molar-refractivity contribution in [3.63, 3.8) is 0 Å². The fourth-order valence-electron chi connectivity index (χ4n) is 2.62. The van der Waals surface area contributed by atoms with Crippen molar-refractivity contribution in [2.45, 2.75) is 19.4 Å². The Morgan fingerprint density at radius 2 is 1.62 bits per heavy atom. The largest absolute Gasteiger partial charge is 0.386 e. The van der Waals surface area contributed by atoms with E-state index in [1.165, 1.54) is 0 Å². The molecule has 0 aliphatic heterocycles. The van der Waals surface area contributed by atoms with Gasteiger partial charge < -0.3 is 5.11 Å². The van der Waals surface area contributed by atoms with Gasteiger partial charge >= 0.3 is 0 Å². The van der Waals surface area contributed by atoms with Crippen LogP contribution in [0.4, 0.5) is 0 Å². The molecule has 3 rings (SSSR count). The molecular formula is C18H16ClNO. The molecule has 3 heteroatoms. The summed E-state index contributed by atoms with van der Waals surface area (Å²) in [5, 5.41) is 11.9. The first-order valence-electron chi connectivity index (χ1n) is 6.84. The van der Waals surface area contributed by atoms with Gasteiger partial charge in [0.25, 0.3) is 0 Å². The highest BCUT2D eigenvalue weighted by atomic mass is 35.5. The summed E-state index contributed by atoms with van der Waals surface area (Å²) in [6.07, 6.45) is 0. The van der Waals surface area contributed by atoms with Gasteiger partial charge in [0.05, 0.1) is 11.1 Å². The van der Waals surface area contributed by atoms with Crippen LogP contribution >= 0.6 is 11.6 Å². The molecule has 0 aliphatic carbocycles. The summed E-state index contributed by atoms with van der Waals surface area (Å²) in [6.45, 7) is 3.58. The van der Waals surface area contributed by atoms with Gasteiger partial charge in [-0.15, -0.1) is 0 Å². The molecule has 2 aromatic carbocycles. The standard InChI is InChI=1S/C18H16ClNO/c1-18(2,21)15-9-5-3-7-12(15)14-11-17(19)20-16-10-6-4-8-13(14)16/h3-11,21H,1-2H3. The van der Waals surface area contributed by atoms with Gasteiger partial charge in [-0.3, -0.25) is 0 Å². The monoisotopic (exact) mass is 297 g/mol. The van der Waals surface area contributed by atoms with E-state index in [-0.39, 0.29) is 0 Å². The molecule has 106 valence electrons. The molecular weight excluding hydrogens is 282 g/mol. The molecule has 0 radical (unpaired) electrons. The maximum atomic E-state index is 10.4. The summed E-state index contributed by atoms with van der Waals surface area (Å²) < 4.78 is 0. The Morgan fingerprint density at radius 3 is 2.38 bits per heavy atom. The van der Waals surface area contributed by atoms with Crippen LogP contribution in [0.5, 0.6) is 0 Å². The zero-order valence-corrected chi connectivity index (χ0v) is 12.7. The van der Waals surface area contributed by atoms with Crippen LogP contribution < -0.4 is 0 Å². The molecule has 0 fully saturated rings. The maximum Gasteiger partial charge on any atom is 0.130 e. The van der Waals surface area contributed by atoms with E-state index in [0.717, 1.165) is 27.6 Å². The minimum absolute atomic E-state index is 0.453. The molecule has 0 unspecified atom stereocenters. The zero-order chi connectivity index (χ0) is 15.0. The first-order chi connectivity index (χ1) is 9.97. The first-order valence-corrected chi connectivity index (χ1v) is 7.22. The highest BCUT2D eigenvalue weighted by Gasteiger charge is 2.21. The van der Waals surface area contributed by atoms with Crippen molar-refractivity contribution in [3.8, 4) is 11.1 Å². The normalized spacial score (nSPS) is 11.8. The molecule has 0 spiro atoms. The van der Waals surface area contributed by atoms with Crippen LogP contribution in [0.15, 0.2) is 54.6 Å². The Hall–Kier alpha value is -1.90. The number of fused-ring (bicyclic) bond motifs is 1. The van der Waals surface area contributed by atoms with Crippen LogP contribution in [0, 0.1) is 0 Å². The minimum Gasteiger partial charge on any atom is -0.386 e. The third-order valence-electron chi connectivity index (χ3n) is 3.56. The van der Waals surface area contributed by atoms with E-state index in [0.29, 0.717) is 5.15 Å². The van der Waals surface area contributed by atoms with Crippen molar-refractivity contribution < 1.29 is 5.11 Å². The highest BCUT2D eigenvalue weighted by molar-refractivity contribution is 6.30. The van der Waals surface area contributed by atoms with E-state index in [2.05, 4.69) is 4.98 Å². The second-order valence-corrected chi connectivity index (χ2v) is 6.00. The SMILES string of the molecule is CC(C)(O)c1ccccc1-c1cc(Cl)nc2ccccc12. The molecule has 0 saturated heterocycles. The third-order valence-corrected chi connectivity index (χ3v) is 3.75. The summed E-state index contributed by atoms with van der Waals surface area (Å²) >= 11 is 6.17. The van der Waals surface area contributed by atoms with E-state index >= 15 is 0 Å². The summed E-state index contributed by atoms with van der Waals surface area (Å²) in [4.78, 5) is 4.36. The predicted octanol–water partition coefficient (Wildman–Crippen LogP) is 4.78.